The molecule has 1 aromatic rings. The molecule has 0 saturated carbocycles. The first kappa shape index (κ1) is 16.8. The molecular formula is C16H23N5O2. The third-order valence-corrected chi connectivity index (χ3v) is 3.48. The second-order valence-corrected chi connectivity index (χ2v) is 5.28. The largest absolute Gasteiger partial charge is 0.357 e. The summed E-state index contributed by atoms with van der Waals surface area (Å²) in [5.41, 5.74) is 1.19. The molecular weight excluding hydrogens is 294 g/mol. The molecule has 7 heteroatoms. The molecule has 23 heavy (non-hydrogen) atoms. The summed E-state index contributed by atoms with van der Waals surface area (Å²) in [7, 11) is 1.96. The third-order valence-electron chi connectivity index (χ3n) is 3.48. The Morgan fingerprint density at radius 3 is 2.70 bits per heavy atom. The highest BCUT2D eigenvalue weighted by Gasteiger charge is 2.27. The fourth-order valence-electron chi connectivity index (χ4n) is 2.34. The molecule has 1 aliphatic heterocycles. The standard InChI is InChI=1S/C16H23N5O2/c1-3-17-15(20(2)12-13-7-5-4-6-8-13)18-9-10-21-14(22)11-19-16(21)23/h4-8H,3,9-12H2,1-2H3,(H,17,18)(H,19,23). The molecule has 0 aromatic heterocycles. The summed E-state index contributed by atoms with van der Waals surface area (Å²) in [5.74, 6) is 0.552. The molecule has 0 spiro atoms. The number of hydrogen-bond acceptors (Lipinski definition) is 3. The minimum Gasteiger partial charge on any atom is -0.357 e. The van der Waals surface area contributed by atoms with Crippen LogP contribution in [0.3, 0.4) is 0 Å². The van der Waals surface area contributed by atoms with Gasteiger partial charge in [0.2, 0.25) is 5.91 Å². The van der Waals surface area contributed by atoms with Crippen molar-refractivity contribution in [1.82, 2.24) is 20.4 Å². The van der Waals surface area contributed by atoms with Crippen LogP contribution in [0.15, 0.2) is 35.3 Å². The van der Waals surface area contributed by atoms with Gasteiger partial charge in [-0.05, 0) is 12.5 Å². The van der Waals surface area contributed by atoms with Gasteiger partial charge >= 0.3 is 6.03 Å². The minimum atomic E-state index is -0.340. The summed E-state index contributed by atoms with van der Waals surface area (Å²) in [6.45, 7) is 4.23. The van der Waals surface area contributed by atoms with E-state index in [4.69, 9.17) is 0 Å². The third kappa shape index (κ3) is 4.70. The molecule has 0 atom stereocenters. The fraction of sp³-hybridized carbons (Fsp3) is 0.438. The van der Waals surface area contributed by atoms with Crippen molar-refractivity contribution in [3.63, 3.8) is 0 Å². The van der Waals surface area contributed by atoms with Crippen LogP contribution in [-0.4, -0.2) is 60.9 Å². The van der Waals surface area contributed by atoms with Crippen LogP contribution in [0.25, 0.3) is 0 Å². The number of imide groups is 1. The fourth-order valence-corrected chi connectivity index (χ4v) is 2.34. The molecule has 7 nitrogen and oxygen atoms in total. The molecule has 3 amide bonds. The van der Waals surface area contributed by atoms with Gasteiger partial charge in [-0.1, -0.05) is 30.3 Å². The highest BCUT2D eigenvalue weighted by Crippen LogP contribution is 2.03. The van der Waals surface area contributed by atoms with Crippen molar-refractivity contribution in [2.45, 2.75) is 13.5 Å². The number of rotatable bonds is 6. The van der Waals surface area contributed by atoms with E-state index in [9.17, 15) is 9.59 Å². The molecule has 1 heterocycles. The molecule has 0 unspecified atom stereocenters. The Labute approximate surface area is 136 Å². The van der Waals surface area contributed by atoms with Crippen molar-refractivity contribution in [1.29, 1.82) is 0 Å². The van der Waals surface area contributed by atoms with Gasteiger partial charge in [0.1, 0.15) is 0 Å². The van der Waals surface area contributed by atoms with Crippen molar-refractivity contribution in [2.75, 3.05) is 33.2 Å². The quantitative estimate of drug-likeness (QED) is 0.458. The number of nitrogens with one attached hydrogen (secondary N) is 2. The Balaban J connectivity index is 1.93. The molecule has 1 aliphatic rings. The highest BCUT2D eigenvalue weighted by atomic mass is 16.2. The summed E-state index contributed by atoms with van der Waals surface area (Å²) < 4.78 is 0. The number of urea groups is 1. The van der Waals surface area contributed by atoms with Crippen LogP contribution in [0.1, 0.15) is 12.5 Å². The second-order valence-electron chi connectivity index (χ2n) is 5.28. The lowest BCUT2D eigenvalue weighted by Gasteiger charge is -2.22. The average Bonchev–Trinajstić information content (AvgIpc) is 2.86. The monoisotopic (exact) mass is 317 g/mol. The predicted molar refractivity (Wildman–Crippen MR) is 89.0 cm³/mol. The smallest absolute Gasteiger partial charge is 0.324 e. The number of nitrogens with zero attached hydrogens (tertiary/aromatic N) is 3. The molecule has 0 aliphatic carbocycles. The predicted octanol–water partition coefficient (Wildman–Crippen LogP) is 0.636. The maximum atomic E-state index is 11.5. The van der Waals surface area contributed by atoms with Crippen molar-refractivity contribution in [2.24, 2.45) is 4.99 Å². The van der Waals surface area contributed by atoms with Crippen molar-refractivity contribution >= 4 is 17.9 Å². The van der Waals surface area contributed by atoms with E-state index >= 15 is 0 Å². The molecule has 2 N–H and O–H groups in total. The second kappa shape index (κ2) is 8.17. The van der Waals surface area contributed by atoms with Gasteiger partial charge in [0.15, 0.2) is 5.96 Å². The Hall–Kier alpha value is -2.57. The van der Waals surface area contributed by atoms with E-state index in [0.29, 0.717) is 13.1 Å². The van der Waals surface area contributed by atoms with Gasteiger partial charge < -0.3 is 15.5 Å². The van der Waals surface area contributed by atoms with Gasteiger partial charge in [0.25, 0.3) is 0 Å². The van der Waals surface area contributed by atoms with Crippen LogP contribution in [0.5, 0.6) is 0 Å². The lowest BCUT2D eigenvalue weighted by Crippen LogP contribution is -2.39. The number of carbonyl (C=O) groups excluding carboxylic acids is 2. The van der Waals surface area contributed by atoms with Crippen LogP contribution in [0.4, 0.5) is 4.79 Å². The SMILES string of the molecule is CCNC(=NCCN1C(=O)CNC1=O)N(C)Cc1ccccc1. The van der Waals surface area contributed by atoms with Crippen LogP contribution in [0.2, 0.25) is 0 Å². The van der Waals surface area contributed by atoms with Gasteiger partial charge in [0.05, 0.1) is 19.6 Å². The first-order chi connectivity index (χ1) is 11.1. The zero-order valence-corrected chi connectivity index (χ0v) is 13.6. The molecule has 124 valence electrons. The maximum absolute atomic E-state index is 11.5. The number of hydrogen-bond donors (Lipinski definition) is 2. The minimum absolute atomic E-state index is 0.0799. The number of amides is 3. The van der Waals surface area contributed by atoms with Gasteiger partial charge in [-0.15, -0.1) is 0 Å². The van der Waals surface area contributed by atoms with E-state index < -0.39 is 0 Å². The lowest BCUT2D eigenvalue weighted by atomic mass is 10.2. The van der Waals surface area contributed by atoms with E-state index in [0.717, 1.165) is 19.0 Å². The van der Waals surface area contributed by atoms with Crippen molar-refractivity contribution in [3.8, 4) is 0 Å². The van der Waals surface area contributed by atoms with E-state index in [1.54, 1.807) is 0 Å². The summed E-state index contributed by atoms with van der Waals surface area (Å²) in [5, 5.41) is 5.72. The van der Waals surface area contributed by atoms with Crippen LogP contribution >= 0.6 is 0 Å². The Morgan fingerprint density at radius 2 is 2.09 bits per heavy atom. The summed E-state index contributed by atoms with van der Waals surface area (Å²) in [6.07, 6.45) is 0. The lowest BCUT2D eigenvalue weighted by molar-refractivity contribution is -0.124. The van der Waals surface area contributed by atoms with Crippen LogP contribution in [0, 0.1) is 0 Å². The molecule has 2 rings (SSSR count). The maximum Gasteiger partial charge on any atom is 0.324 e. The highest BCUT2D eigenvalue weighted by molar-refractivity contribution is 6.01. The molecule has 0 radical (unpaired) electrons. The van der Waals surface area contributed by atoms with Crippen molar-refractivity contribution in [3.05, 3.63) is 35.9 Å². The molecule has 1 aromatic carbocycles. The van der Waals surface area contributed by atoms with Gasteiger partial charge in [-0.2, -0.15) is 0 Å². The molecule has 0 bridgehead atoms. The molecule has 1 saturated heterocycles. The number of benzene rings is 1. The Morgan fingerprint density at radius 1 is 1.35 bits per heavy atom. The Kier molecular flexibility index (Phi) is 5.96. The normalized spacial score (nSPS) is 14.9. The first-order valence-electron chi connectivity index (χ1n) is 7.73. The summed E-state index contributed by atoms with van der Waals surface area (Å²) >= 11 is 0. The van der Waals surface area contributed by atoms with Gasteiger partial charge in [0, 0.05) is 20.1 Å². The van der Waals surface area contributed by atoms with E-state index in [2.05, 4.69) is 27.8 Å². The van der Waals surface area contributed by atoms with Crippen LogP contribution < -0.4 is 10.6 Å². The van der Waals surface area contributed by atoms with Gasteiger partial charge in [-0.3, -0.25) is 14.7 Å². The zero-order valence-electron chi connectivity index (χ0n) is 13.6. The Bertz CT molecular complexity index is 557. The van der Waals surface area contributed by atoms with Gasteiger partial charge in [-0.25, -0.2) is 4.79 Å². The zero-order chi connectivity index (χ0) is 16.7. The number of aliphatic imine (C=N–C) groups is 1. The van der Waals surface area contributed by atoms with E-state index in [1.807, 2.05) is 37.1 Å². The topological polar surface area (TPSA) is 77.0 Å². The summed E-state index contributed by atoms with van der Waals surface area (Å²) in [4.78, 5) is 30.7. The number of carbonyl (C=O) groups is 2. The average molecular weight is 317 g/mol. The number of guanidine groups is 1. The van der Waals surface area contributed by atoms with Crippen LogP contribution in [-0.2, 0) is 11.3 Å². The first-order valence-corrected chi connectivity index (χ1v) is 7.73. The van der Waals surface area contributed by atoms with Crippen molar-refractivity contribution < 1.29 is 9.59 Å². The van der Waals surface area contributed by atoms with E-state index in [-0.39, 0.29) is 18.5 Å². The molecule has 1 fully saturated rings. The summed E-state index contributed by atoms with van der Waals surface area (Å²) in [6, 6.07) is 9.78. The van der Waals surface area contributed by atoms with E-state index in [1.165, 1.54) is 10.5 Å².